The topological polar surface area (TPSA) is 41.1 Å². The van der Waals surface area contributed by atoms with Crippen molar-refractivity contribution >= 4 is 27.3 Å². The summed E-state index contributed by atoms with van der Waals surface area (Å²) in [6, 6.07) is 6.54. The van der Waals surface area contributed by atoms with E-state index in [1.807, 2.05) is 0 Å². The van der Waals surface area contributed by atoms with Crippen molar-refractivity contribution in [2.45, 2.75) is 19.4 Å². The third kappa shape index (κ3) is 2.69. The lowest BCUT2D eigenvalue weighted by molar-refractivity contribution is 0.0919. The zero-order valence-electron chi connectivity index (χ0n) is 11.3. The molecule has 2 atom stereocenters. The van der Waals surface area contributed by atoms with Crippen molar-refractivity contribution in [2.75, 3.05) is 13.1 Å². The van der Waals surface area contributed by atoms with Gasteiger partial charge in [0.15, 0.2) is 0 Å². The van der Waals surface area contributed by atoms with Crippen LogP contribution in [0.5, 0.6) is 0 Å². The van der Waals surface area contributed by atoms with Gasteiger partial charge >= 0.3 is 0 Å². The van der Waals surface area contributed by atoms with E-state index < -0.39 is 0 Å². The van der Waals surface area contributed by atoms with E-state index in [4.69, 9.17) is 0 Å². The van der Waals surface area contributed by atoms with Crippen LogP contribution in [0.4, 0.5) is 4.39 Å². The highest BCUT2D eigenvalue weighted by molar-refractivity contribution is 7.20. The maximum Gasteiger partial charge on any atom is 0.261 e. The molecule has 2 N–H and O–H groups in total. The van der Waals surface area contributed by atoms with Crippen LogP contribution >= 0.6 is 11.3 Å². The standard InChI is InChI=1S/C15H17FN2OS/c1-9-4-5-17-8-12(9)18-15(19)14-7-10-6-11(16)2-3-13(10)20-14/h2-3,6-7,9,12,17H,4-5,8H2,1H3,(H,18,19)/t9-,12-/m0/s1. The quantitative estimate of drug-likeness (QED) is 0.893. The Labute approximate surface area is 121 Å². The summed E-state index contributed by atoms with van der Waals surface area (Å²) in [5, 5.41) is 7.16. The normalized spacial score (nSPS) is 22.9. The number of carbonyl (C=O) groups is 1. The molecule has 0 unspecified atom stereocenters. The van der Waals surface area contributed by atoms with Crippen LogP contribution in [0, 0.1) is 11.7 Å². The van der Waals surface area contributed by atoms with Gasteiger partial charge in [-0.15, -0.1) is 11.3 Å². The summed E-state index contributed by atoms with van der Waals surface area (Å²) in [7, 11) is 0. The first-order valence-corrected chi connectivity index (χ1v) is 7.66. The second-order valence-corrected chi connectivity index (χ2v) is 6.43. The van der Waals surface area contributed by atoms with E-state index in [-0.39, 0.29) is 17.8 Å². The van der Waals surface area contributed by atoms with Gasteiger partial charge in [0.1, 0.15) is 5.82 Å². The van der Waals surface area contributed by atoms with E-state index in [1.54, 1.807) is 12.1 Å². The molecule has 3 rings (SSSR count). The second kappa shape index (κ2) is 5.50. The van der Waals surface area contributed by atoms with Gasteiger partial charge in [-0.3, -0.25) is 4.79 Å². The zero-order chi connectivity index (χ0) is 14.1. The molecule has 0 aliphatic carbocycles. The van der Waals surface area contributed by atoms with Gasteiger partial charge in [-0.25, -0.2) is 4.39 Å². The SMILES string of the molecule is C[C@H]1CCNC[C@@H]1NC(=O)c1cc2cc(F)ccc2s1. The molecule has 1 aromatic heterocycles. The van der Waals surface area contributed by atoms with Gasteiger partial charge in [-0.05, 0) is 48.5 Å². The molecule has 3 nitrogen and oxygen atoms in total. The average molecular weight is 292 g/mol. The molecule has 1 aliphatic heterocycles. The van der Waals surface area contributed by atoms with Crippen LogP contribution < -0.4 is 10.6 Å². The van der Waals surface area contributed by atoms with Gasteiger partial charge in [0.25, 0.3) is 5.91 Å². The van der Waals surface area contributed by atoms with Crippen LogP contribution in [0.15, 0.2) is 24.3 Å². The number of carbonyl (C=O) groups excluding carboxylic acids is 1. The van der Waals surface area contributed by atoms with Gasteiger partial charge in [0.2, 0.25) is 0 Å². The number of amides is 1. The molecule has 2 heterocycles. The molecule has 106 valence electrons. The summed E-state index contributed by atoms with van der Waals surface area (Å²) in [4.78, 5) is 12.9. The Morgan fingerprint density at radius 3 is 3.10 bits per heavy atom. The molecule has 1 fully saturated rings. The highest BCUT2D eigenvalue weighted by Gasteiger charge is 2.23. The van der Waals surface area contributed by atoms with Crippen LogP contribution in [-0.2, 0) is 0 Å². The van der Waals surface area contributed by atoms with Crippen molar-refractivity contribution in [2.24, 2.45) is 5.92 Å². The molecule has 5 heteroatoms. The van der Waals surface area contributed by atoms with E-state index in [2.05, 4.69) is 17.6 Å². The lowest BCUT2D eigenvalue weighted by Gasteiger charge is -2.30. The molecule has 0 spiro atoms. The van der Waals surface area contributed by atoms with Crippen LogP contribution in [0.2, 0.25) is 0 Å². The number of fused-ring (bicyclic) bond motifs is 1. The van der Waals surface area contributed by atoms with Crippen LogP contribution in [0.1, 0.15) is 23.0 Å². The van der Waals surface area contributed by atoms with E-state index in [0.29, 0.717) is 10.8 Å². The largest absolute Gasteiger partial charge is 0.347 e. The number of piperidine rings is 1. The van der Waals surface area contributed by atoms with E-state index in [1.165, 1.54) is 23.5 Å². The monoisotopic (exact) mass is 292 g/mol. The fourth-order valence-corrected chi connectivity index (χ4v) is 3.49. The Kier molecular flexibility index (Phi) is 3.72. The van der Waals surface area contributed by atoms with Gasteiger partial charge in [-0.1, -0.05) is 6.92 Å². The Bertz CT molecular complexity index is 640. The van der Waals surface area contributed by atoms with Crippen molar-refractivity contribution in [1.82, 2.24) is 10.6 Å². The number of thiophene rings is 1. The Morgan fingerprint density at radius 1 is 1.45 bits per heavy atom. The third-order valence-electron chi connectivity index (χ3n) is 3.85. The first kappa shape index (κ1) is 13.5. The molecule has 0 radical (unpaired) electrons. The maximum atomic E-state index is 13.2. The number of benzene rings is 1. The van der Waals surface area contributed by atoms with Gasteiger partial charge in [-0.2, -0.15) is 0 Å². The second-order valence-electron chi connectivity index (χ2n) is 5.34. The molecule has 20 heavy (non-hydrogen) atoms. The number of halogens is 1. The molecule has 0 saturated carbocycles. The number of rotatable bonds is 2. The van der Waals surface area contributed by atoms with E-state index in [9.17, 15) is 9.18 Å². The molecule has 2 aromatic rings. The summed E-state index contributed by atoms with van der Waals surface area (Å²) >= 11 is 1.40. The lowest BCUT2D eigenvalue weighted by Crippen LogP contribution is -2.50. The van der Waals surface area contributed by atoms with Crippen molar-refractivity contribution in [1.29, 1.82) is 0 Å². The Balaban J connectivity index is 1.78. The minimum atomic E-state index is -0.271. The van der Waals surface area contributed by atoms with E-state index >= 15 is 0 Å². The molecule has 1 aliphatic rings. The van der Waals surface area contributed by atoms with Gasteiger partial charge in [0, 0.05) is 17.3 Å². The number of nitrogens with one attached hydrogen (secondary N) is 2. The summed E-state index contributed by atoms with van der Waals surface area (Å²) in [5.41, 5.74) is 0. The molecule has 1 saturated heterocycles. The summed E-state index contributed by atoms with van der Waals surface area (Å²) in [6.45, 7) is 3.98. The minimum Gasteiger partial charge on any atom is -0.347 e. The highest BCUT2D eigenvalue weighted by atomic mass is 32.1. The summed E-state index contributed by atoms with van der Waals surface area (Å²) < 4.78 is 14.1. The van der Waals surface area contributed by atoms with Crippen molar-refractivity contribution in [3.8, 4) is 0 Å². The zero-order valence-corrected chi connectivity index (χ0v) is 12.1. The third-order valence-corrected chi connectivity index (χ3v) is 4.96. The van der Waals surface area contributed by atoms with Crippen molar-refractivity contribution in [3.05, 3.63) is 35.0 Å². The van der Waals surface area contributed by atoms with Crippen LogP contribution in [0.3, 0.4) is 0 Å². The average Bonchev–Trinajstić information content (AvgIpc) is 2.84. The molecule has 0 bridgehead atoms. The van der Waals surface area contributed by atoms with E-state index in [0.717, 1.165) is 29.6 Å². The first-order chi connectivity index (χ1) is 9.63. The smallest absolute Gasteiger partial charge is 0.261 e. The predicted octanol–water partition coefficient (Wildman–Crippen LogP) is 2.77. The van der Waals surface area contributed by atoms with Gasteiger partial charge in [0.05, 0.1) is 4.88 Å². The van der Waals surface area contributed by atoms with Crippen molar-refractivity contribution < 1.29 is 9.18 Å². The fourth-order valence-electron chi connectivity index (χ4n) is 2.55. The number of hydrogen-bond donors (Lipinski definition) is 2. The summed E-state index contributed by atoms with van der Waals surface area (Å²) in [6.07, 6.45) is 1.07. The van der Waals surface area contributed by atoms with Crippen molar-refractivity contribution in [3.63, 3.8) is 0 Å². The van der Waals surface area contributed by atoms with Crippen LogP contribution in [0.25, 0.3) is 10.1 Å². The fraction of sp³-hybridized carbons (Fsp3) is 0.400. The molecular formula is C15H17FN2OS. The van der Waals surface area contributed by atoms with Gasteiger partial charge < -0.3 is 10.6 Å². The molecule has 1 amide bonds. The predicted molar refractivity (Wildman–Crippen MR) is 79.7 cm³/mol. The van der Waals surface area contributed by atoms with Crippen LogP contribution in [-0.4, -0.2) is 25.0 Å². The molecule has 1 aromatic carbocycles. The maximum absolute atomic E-state index is 13.2. The minimum absolute atomic E-state index is 0.0628. The first-order valence-electron chi connectivity index (χ1n) is 6.84. The molecular weight excluding hydrogens is 275 g/mol. The highest BCUT2D eigenvalue weighted by Crippen LogP contribution is 2.26. The Hall–Kier alpha value is -1.46. The lowest BCUT2D eigenvalue weighted by atomic mass is 9.95. The Morgan fingerprint density at radius 2 is 2.30 bits per heavy atom. The summed E-state index contributed by atoms with van der Waals surface area (Å²) in [5.74, 6) is 0.145. The number of hydrogen-bond acceptors (Lipinski definition) is 3.